The number of nitrogens with zero attached hydrogens (tertiary/aromatic N) is 2. The third kappa shape index (κ3) is 4.98. The molecule has 0 aliphatic heterocycles. The van der Waals surface area contributed by atoms with Crippen molar-refractivity contribution in [2.24, 2.45) is 4.99 Å². The molecular weight excluding hydrogens is 340 g/mol. The number of benzene rings is 2. The van der Waals surface area contributed by atoms with Crippen LogP contribution in [0.25, 0.3) is 10.9 Å². The molecule has 0 fully saturated rings. The van der Waals surface area contributed by atoms with Crippen molar-refractivity contribution in [3.8, 4) is 0 Å². The first kappa shape index (κ1) is 18.7. The zero-order chi connectivity index (χ0) is 18.2. The second-order valence-corrected chi connectivity index (χ2v) is 7.21. The summed E-state index contributed by atoms with van der Waals surface area (Å²) in [5.74, 6) is 0. The lowest BCUT2D eigenvalue weighted by Crippen LogP contribution is -2.11. The molecular formula is C23H27ClN2. The highest BCUT2D eigenvalue weighted by Gasteiger charge is 2.04. The summed E-state index contributed by atoms with van der Waals surface area (Å²) in [7, 11) is 0. The highest BCUT2D eigenvalue weighted by atomic mass is 35.5. The van der Waals surface area contributed by atoms with Crippen molar-refractivity contribution in [3.05, 3.63) is 76.7 Å². The zero-order valence-electron chi connectivity index (χ0n) is 15.5. The predicted molar refractivity (Wildman–Crippen MR) is 112 cm³/mol. The molecule has 0 aliphatic rings. The SMILES string of the molecule is CCCCCCCN=c1ccn(Cc2ccccc2)c2cc(Cl)ccc12. The van der Waals surface area contributed by atoms with Crippen LogP contribution < -0.4 is 5.36 Å². The van der Waals surface area contributed by atoms with E-state index >= 15 is 0 Å². The molecule has 1 aromatic heterocycles. The van der Waals surface area contributed by atoms with Crippen LogP contribution in [0.1, 0.15) is 44.6 Å². The third-order valence-electron chi connectivity index (χ3n) is 4.70. The van der Waals surface area contributed by atoms with Crippen LogP contribution in [-0.2, 0) is 6.54 Å². The molecule has 0 radical (unpaired) electrons. The summed E-state index contributed by atoms with van der Waals surface area (Å²) >= 11 is 6.28. The van der Waals surface area contributed by atoms with Crippen molar-refractivity contribution in [2.45, 2.75) is 45.6 Å². The lowest BCUT2D eigenvalue weighted by molar-refractivity contribution is 0.636. The van der Waals surface area contributed by atoms with Crippen LogP contribution in [0.15, 0.2) is 65.8 Å². The summed E-state index contributed by atoms with van der Waals surface area (Å²) in [6.07, 6.45) is 8.47. The van der Waals surface area contributed by atoms with Crippen molar-refractivity contribution in [1.82, 2.24) is 4.57 Å². The molecule has 0 unspecified atom stereocenters. The molecule has 0 bridgehead atoms. The molecule has 3 rings (SSSR count). The van der Waals surface area contributed by atoms with Gasteiger partial charge in [-0.05, 0) is 36.2 Å². The summed E-state index contributed by atoms with van der Waals surface area (Å²) < 4.78 is 2.25. The smallest absolute Gasteiger partial charge is 0.0682 e. The van der Waals surface area contributed by atoms with Crippen LogP contribution in [0.2, 0.25) is 5.02 Å². The van der Waals surface area contributed by atoms with E-state index in [4.69, 9.17) is 16.6 Å². The predicted octanol–water partition coefficient (Wildman–Crippen LogP) is 6.21. The van der Waals surface area contributed by atoms with E-state index in [1.807, 2.05) is 18.2 Å². The maximum Gasteiger partial charge on any atom is 0.0682 e. The minimum Gasteiger partial charge on any atom is -0.343 e. The molecule has 0 saturated carbocycles. The number of fused-ring (bicyclic) bond motifs is 1. The first-order valence-electron chi connectivity index (χ1n) is 9.61. The first-order chi connectivity index (χ1) is 12.8. The Bertz CT molecular complexity index is 897. The average Bonchev–Trinajstić information content (AvgIpc) is 2.67. The lowest BCUT2D eigenvalue weighted by Gasteiger charge is -2.12. The van der Waals surface area contributed by atoms with Crippen LogP contribution in [0.3, 0.4) is 0 Å². The molecule has 0 saturated heterocycles. The Hall–Kier alpha value is -2.06. The zero-order valence-corrected chi connectivity index (χ0v) is 16.3. The van der Waals surface area contributed by atoms with Gasteiger partial charge in [-0.2, -0.15) is 0 Å². The van der Waals surface area contributed by atoms with Crippen molar-refractivity contribution < 1.29 is 0 Å². The summed E-state index contributed by atoms with van der Waals surface area (Å²) in [5, 5.41) is 2.99. The highest BCUT2D eigenvalue weighted by Crippen LogP contribution is 2.18. The van der Waals surface area contributed by atoms with Gasteiger partial charge in [0.2, 0.25) is 0 Å². The van der Waals surface area contributed by atoms with Gasteiger partial charge < -0.3 is 4.57 Å². The van der Waals surface area contributed by atoms with Gasteiger partial charge in [-0.3, -0.25) is 4.99 Å². The number of hydrogen-bond acceptors (Lipinski definition) is 1. The van der Waals surface area contributed by atoms with E-state index in [1.165, 1.54) is 36.6 Å². The van der Waals surface area contributed by atoms with Gasteiger partial charge in [0.15, 0.2) is 0 Å². The summed E-state index contributed by atoms with van der Waals surface area (Å²) in [5.41, 5.74) is 2.41. The van der Waals surface area contributed by atoms with E-state index < -0.39 is 0 Å². The Morgan fingerprint density at radius 1 is 0.923 bits per heavy atom. The van der Waals surface area contributed by atoms with Gasteiger partial charge in [0, 0.05) is 29.7 Å². The lowest BCUT2D eigenvalue weighted by atomic mass is 10.1. The van der Waals surface area contributed by atoms with Crippen LogP contribution in [0.4, 0.5) is 0 Å². The minimum atomic E-state index is 0.760. The molecule has 0 amide bonds. The van der Waals surface area contributed by atoms with E-state index in [0.29, 0.717) is 0 Å². The standard InChI is InChI=1S/C23H27ClN2/c1-2-3-4-5-9-15-25-22-14-16-26(18-19-10-7-6-8-11-19)23-17-20(24)12-13-21(22)23/h6-8,10-14,16-17H,2-5,9,15,18H2,1H3. The quantitative estimate of drug-likeness (QED) is 0.421. The molecule has 0 atom stereocenters. The van der Waals surface area contributed by atoms with E-state index in [1.54, 1.807) is 0 Å². The van der Waals surface area contributed by atoms with Gasteiger partial charge in [-0.15, -0.1) is 0 Å². The second kappa shape index (κ2) is 9.59. The van der Waals surface area contributed by atoms with Crippen molar-refractivity contribution in [2.75, 3.05) is 6.54 Å². The molecule has 1 heterocycles. The van der Waals surface area contributed by atoms with Crippen molar-refractivity contribution in [3.63, 3.8) is 0 Å². The molecule has 2 nitrogen and oxygen atoms in total. The normalized spacial score (nSPS) is 12.0. The molecule has 3 aromatic rings. The molecule has 0 aliphatic carbocycles. The number of hydrogen-bond donors (Lipinski definition) is 0. The average molecular weight is 367 g/mol. The van der Waals surface area contributed by atoms with Crippen LogP contribution in [0, 0.1) is 0 Å². The van der Waals surface area contributed by atoms with Gasteiger partial charge in [-0.1, -0.05) is 74.5 Å². The molecule has 0 N–H and O–H groups in total. The monoisotopic (exact) mass is 366 g/mol. The topological polar surface area (TPSA) is 17.3 Å². The molecule has 26 heavy (non-hydrogen) atoms. The maximum absolute atomic E-state index is 6.28. The Morgan fingerprint density at radius 3 is 2.54 bits per heavy atom. The fourth-order valence-electron chi connectivity index (χ4n) is 3.26. The van der Waals surface area contributed by atoms with Gasteiger partial charge in [-0.25, -0.2) is 0 Å². The number of aromatic nitrogens is 1. The van der Waals surface area contributed by atoms with E-state index in [-0.39, 0.29) is 0 Å². The van der Waals surface area contributed by atoms with Crippen LogP contribution in [-0.4, -0.2) is 11.1 Å². The minimum absolute atomic E-state index is 0.760. The number of halogens is 1. The third-order valence-corrected chi connectivity index (χ3v) is 4.93. The fourth-order valence-corrected chi connectivity index (χ4v) is 3.43. The van der Waals surface area contributed by atoms with Gasteiger partial charge in [0.05, 0.1) is 10.9 Å². The number of pyridine rings is 1. The molecule has 0 spiro atoms. The van der Waals surface area contributed by atoms with Gasteiger partial charge in [0.25, 0.3) is 0 Å². The summed E-state index contributed by atoms with van der Waals surface area (Å²) in [6, 6.07) is 18.7. The van der Waals surface area contributed by atoms with Gasteiger partial charge >= 0.3 is 0 Å². The molecule has 3 heteroatoms. The fraction of sp³-hybridized carbons (Fsp3) is 0.348. The Morgan fingerprint density at radius 2 is 1.73 bits per heavy atom. The van der Waals surface area contributed by atoms with Crippen LogP contribution in [0.5, 0.6) is 0 Å². The number of unbranched alkanes of at least 4 members (excludes halogenated alkanes) is 4. The second-order valence-electron chi connectivity index (χ2n) is 6.77. The highest BCUT2D eigenvalue weighted by molar-refractivity contribution is 6.31. The number of rotatable bonds is 8. The first-order valence-corrected chi connectivity index (χ1v) is 9.99. The van der Waals surface area contributed by atoms with Crippen LogP contribution >= 0.6 is 11.6 Å². The van der Waals surface area contributed by atoms with E-state index in [2.05, 4.69) is 54.1 Å². The molecule has 2 aromatic carbocycles. The summed E-state index contributed by atoms with van der Waals surface area (Å²) in [6.45, 7) is 3.97. The largest absolute Gasteiger partial charge is 0.343 e. The Kier molecular flexibility index (Phi) is 6.90. The van der Waals surface area contributed by atoms with Crippen molar-refractivity contribution in [1.29, 1.82) is 0 Å². The van der Waals surface area contributed by atoms with E-state index in [9.17, 15) is 0 Å². The Balaban J connectivity index is 1.86. The van der Waals surface area contributed by atoms with Gasteiger partial charge in [0.1, 0.15) is 0 Å². The van der Waals surface area contributed by atoms with E-state index in [0.717, 1.165) is 35.4 Å². The van der Waals surface area contributed by atoms with Crippen molar-refractivity contribution >= 4 is 22.5 Å². The summed E-state index contributed by atoms with van der Waals surface area (Å²) in [4.78, 5) is 4.85. The maximum atomic E-state index is 6.28. The Labute approximate surface area is 161 Å². The molecule has 136 valence electrons.